The molecule has 0 spiro atoms. The first-order chi connectivity index (χ1) is 9.56. The highest BCUT2D eigenvalue weighted by molar-refractivity contribution is 5.48. The Morgan fingerprint density at radius 1 is 1.55 bits per heavy atom. The summed E-state index contributed by atoms with van der Waals surface area (Å²) in [6.07, 6.45) is 3.94. The van der Waals surface area contributed by atoms with Crippen LogP contribution in [0.3, 0.4) is 0 Å². The number of H-pyrrole nitrogens is 1. The fraction of sp³-hybridized carbons (Fsp3) is 0.615. The van der Waals surface area contributed by atoms with Gasteiger partial charge in [0.2, 0.25) is 0 Å². The topological polar surface area (TPSA) is 87.1 Å². The number of nitrogens with zero attached hydrogens (tertiary/aromatic N) is 3. The van der Waals surface area contributed by atoms with Crippen LogP contribution >= 0.6 is 0 Å². The van der Waals surface area contributed by atoms with E-state index in [-0.39, 0.29) is 11.1 Å². The van der Waals surface area contributed by atoms with Gasteiger partial charge in [-0.3, -0.25) is 0 Å². The second-order valence-corrected chi connectivity index (χ2v) is 6.01. The summed E-state index contributed by atoms with van der Waals surface area (Å²) in [6.45, 7) is 6.45. The molecular weight excluding hydrogens is 256 g/mol. The molecule has 2 aromatic heterocycles. The van der Waals surface area contributed by atoms with Gasteiger partial charge in [0, 0.05) is 18.7 Å². The fourth-order valence-electron chi connectivity index (χ4n) is 2.73. The minimum Gasteiger partial charge on any atom is -0.368 e. The smallest absolute Gasteiger partial charge is 0.348 e. The molecule has 2 aromatic rings. The summed E-state index contributed by atoms with van der Waals surface area (Å²) in [5.74, 6) is 0.736. The maximum absolute atomic E-state index is 11.4. The molecule has 3 N–H and O–H groups in total. The molecule has 0 amide bonds. The average molecular weight is 276 g/mol. The van der Waals surface area contributed by atoms with Crippen LogP contribution in [0.4, 0.5) is 5.82 Å². The molecule has 0 radical (unpaired) electrons. The van der Waals surface area contributed by atoms with Gasteiger partial charge in [-0.15, -0.1) is 0 Å². The summed E-state index contributed by atoms with van der Waals surface area (Å²) in [7, 11) is 0. The zero-order chi connectivity index (χ0) is 14.2. The van der Waals surface area contributed by atoms with E-state index < -0.39 is 0 Å². The third kappa shape index (κ3) is 2.40. The van der Waals surface area contributed by atoms with E-state index in [9.17, 15) is 4.79 Å². The lowest BCUT2D eigenvalue weighted by atomic mass is 9.77. The Kier molecular flexibility index (Phi) is 3.21. The first-order valence-corrected chi connectivity index (χ1v) is 6.96. The van der Waals surface area contributed by atoms with Crippen LogP contribution in [0, 0.1) is 5.41 Å². The van der Waals surface area contributed by atoms with Gasteiger partial charge in [0.05, 0.1) is 0 Å². The Morgan fingerprint density at radius 2 is 2.40 bits per heavy atom. The molecule has 3 rings (SSSR count). The number of aromatic nitrogens is 4. The molecule has 1 aliphatic heterocycles. The van der Waals surface area contributed by atoms with Crippen molar-refractivity contribution < 1.29 is 0 Å². The SMILES string of the molecule is CC1(C)CCCNC1CNc1cc2n[nH]c(=O)n2cn1. The Bertz CT molecular complexity index is 658. The number of fused-ring (bicyclic) bond motifs is 1. The largest absolute Gasteiger partial charge is 0.368 e. The predicted molar refractivity (Wildman–Crippen MR) is 76.9 cm³/mol. The van der Waals surface area contributed by atoms with Crippen LogP contribution in [-0.2, 0) is 0 Å². The maximum atomic E-state index is 11.4. The third-order valence-corrected chi connectivity index (χ3v) is 4.13. The first-order valence-electron chi connectivity index (χ1n) is 6.96. The summed E-state index contributed by atoms with van der Waals surface area (Å²) in [5.41, 5.74) is 0.580. The molecule has 1 fully saturated rings. The van der Waals surface area contributed by atoms with Gasteiger partial charge in [-0.25, -0.2) is 19.3 Å². The van der Waals surface area contributed by atoms with E-state index in [0.29, 0.717) is 11.7 Å². The van der Waals surface area contributed by atoms with Crippen LogP contribution < -0.4 is 16.3 Å². The van der Waals surface area contributed by atoms with Gasteiger partial charge in [0.1, 0.15) is 12.1 Å². The van der Waals surface area contributed by atoms with E-state index in [1.54, 1.807) is 6.07 Å². The van der Waals surface area contributed by atoms with Gasteiger partial charge in [-0.1, -0.05) is 13.8 Å². The van der Waals surface area contributed by atoms with Gasteiger partial charge < -0.3 is 10.6 Å². The molecule has 7 nitrogen and oxygen atoms in total. The number of rotatable bonds is 3. The van der Waals surface area contributed by atoms with Gasteiger partial charge in [0.15, 0.2) is 5.65 Å². The molecule has 0 aliphatic carbocycles. The van der Waals surface area contributed by atoms with Crippen LogP contribution in [0.5, 0.6) is 0 Å². The molecule has 3 heterocycles. The highest BCUT2D eigenvalue weighted by Gasteiger charge is 2.31. The summed E-state index contributed by atoms with van der Waals surface area (Å²) in [5, 5.41) is 13.2. The van der Waals surface area contributed by atoms with E-state index in [1.807, 2.05) is 0 Å². The normalized spacial score (nSPS) is 22.0. The monoisotopic (exact) mass is 276 g/mol. The van der Waals surface area contributed by atoms with Gasteiger partial charge in [0.25, 0.3) is 0 Å². The number of nitrogens with one attached hydrogen (secondary N) is 3. The molecular formula is C13H20N6O. The number of hydrogen-bond acceptors (Lipinski definition) is 5. The number of anilines is 1. The van der Waals surface area contributed by atoms with Crippen molar-refractivity contribution in [3.63, 3.8) is 0 Å². The van der Waals surface area contributed by atoms with Crippen molar-refractivity contribution in [1.29, 1.82) is 0 Å². The van der Waals surface area contributed by atoms with E-state index >= 15 is 0 Å². The number of piperidine rings is 1. The number of hydrogen-bond donors (Lipinski definition) is 3. The van der Waals surface area contributed by atoms with Crippen molar-refractivity contribution in [3.8, 4) is 0 Å². The highest BCUT2D eigenvalue weighted by Crippen LogP contribution is 2.30. The van der Waals surface area contributed by atoms with Crippen molar-refractivity contribution in [1.82, 2.24) is 24.9 Å². The molecule has 1 unspecified atom stereocenters. The second kappa shape index (κ2) is 4.90. The van der Waals surface area contributed by atoms with Crippen molar-refractivity contribution in [3.05, 3.63) is 22.9 Å². The lowest BCUT2D eigenvalue weighted by molar-refractivity contribution is 0.188. The van der Waals surface area contributed by atoms with E-state index in [2.05, 4.69) is 39.7 Å². The zero-order valence-electron chi connectivity index (χ0n) is 11.8. The van der Waals surface area contributed by atoms with Gasteiger partial charge in [-0.2, -0.15) is 5.10 Å². The predicted octanol–water partition coefficient (Wildman–Crippen LogP) is 0.608. The van der Waals surface area contributed by atoms with Crippen LogP contribution in [0.1, 0.15) is 26.7 Å². The Balaban J connectivity index is 1.71. The first kappa shape index (κ1) is 13.1. The van der Waals surface area contributed by atoms with Crippen LogP contribution in [-0.4, -0.2) is 38.7 Å². The average Bonchev–Trinajstić information content (AvgIpc) is 2.78. The van der Waals surface area contributed by atoms with Crippen LogP contribution in [0.2, 0.25) is 0 Å². The summed E-state index contributed by atoms with van der Waals surface area (Å²) < 4.78 is 1.38. The van der Waals surface area contributed by atoms with E-state index in [4.69, 9.17) is 0 Å². The van der Waals surface area contributed by atoms with Crippen molar-refractivity contribution in [2.75, 3.05) is 18.4 Å². The number of aromatic amines is 1. The lowest BCUT2D eigenvalue weighted by Gasteiger charge is -2.39. The van der Waals surface area contributed by atoms with Crippen molar-refractivity contribution >= 4 is 11.5 Å². The highest BCUT2D eigenvalue weighted by atomic mass is 16.1. The second-order valence-electron chi connectivity index (χ2n) is 6.01. The fourth-order valence-corrected chi connectivity index (χ4v) is 2.73. The summed E-state index contributed by atoms with van der Waals surface area (Å²) in [4.78, 5) is 15.6. The minimum atomic E-state index is -0.269. The Morgan fingerprint density at radius 3 is 3.20 bits per heavy atom. The molecule has 0 bridgehead atoms. The molecule has 108 valence electrons. The molecule has 1 saturated heterocycles. The summed E-state index contributed by atoms with van der Waals surface area (Å²) in [6, 6.07) is 2.18. The van der Waals surface area contributed by atoms with Gasteiger partial charge in [-0.05, 0) is 24.8 Å². The third-order valence-electron chi connectivity index (χ3n) is 4.13. The Labute approximate surface area is 116 Å². The Hall–Kier alpha value is -1.89. The van der Waals surface area contributed by atoms with E-state index in [0.717, 1.165) is 18.9 Å². The van der Waals surface area contributed by atoms with Crippen molar-refractivity contribution in [2.24, 2.45) is 5.41 Å². The molecule has 7 heteroatoms. The van der Waals surface area contributed by atoms with Crippen LogP contribution in [0.25, 0.3) is 5.65 Å². The van der Waals surface area contributed by atoms with Gasteiger partial charge >= 0.3 is 5.69 Å². The molecule has 0 aromatic carbocycles. The standard InChI is InChI=1S/C13H20N6O/c1-13(2)4-3-5-14-9(13)7-15-10-6-11-17-18-12(20)19(11)8-16-10/h6,8-9,14-15H,3-5,7H2,1-2H3,(H,18,20). The lowest BCUT2D eigenvalue weighted by Crippen LogP contribution is -2.50. The maximum Gasteiger partial charge on any atom is 0.348 e. The molecule has 20 heavy (non-hydrogen) atoms. The van der Waals surface area contributed by atoms with Crippen molar-refractivity contribution in [2.45, 2.75) is 32.7 Å². The molecule has 0 saturated carbocycles. The quantitative estimate of drug-likeness (QED) is 0.764. The van der Waals surface area contributed by atoms with Crippen LogP contribution in [0.15, 0.2) is 17.2 Å². The summed E-state index contributed by atoms with van der Waals surface area (Å²) >= 11 is 0. The van der Waals surface area contributed by atoms with E-state index in [1.165, 1.54) is 23.6 Å². The zero-order valence-corrected chi connectivity index (χ0v) is 11.8. The molecule has 1 aliphatic rings. The minimum absolute atomic E-state index is 0.269. The molecule has 1 atom stereocenters.